The minimum atomic E-state index is 0.446. The van der Waals surface area contributed by atoms with E-state index in [4.69, 9.17) is 23.2 Å². The van der Waals surface area contributed by atoms with Gasteiger partial charge in [0.25, 0.3) is 0 Å². The summed E-state index contributed by atoms with van der Waals surface area (Å²) in [5.74, 6) is 1.09. The van der Waals surface area contributed by atoms with E-state index in [9.17, 15) is 0 Å². The summed E-state index contributed by atoms with van der Waals surface area (Å²) in [6, 6.07) is 14.8. The Morgan fingerprint density at radius 3 is 2.37 bits per heavy atom. The van der Waals surface area contributed by atoms with Crippen molar-refractivity contribution in [2.45, 2.75) is 31.6 Å². The zero-order valence-corrected chi connectivity index (χ0v) is 12.4. The lowest BCUT2D eigenvalue weighted by Crippen LogP contribution is -2.13. The molecule has 0 nitrogen and oxygen atoms in total. The topological polar surface area (TPSA) is 0 Å². The Morgan fingerprint density at radius 2 is 1.63 bits per heavy atom. The van der Waals surface area contributed by atoms with Crippen LogP contribution in [0.4, 0.5) is 0 Å². The van der Waals surface area contributed by atoms with Crippen LogP contribution in [0.15, 0.2) is 42.5 Å². The van der Waals surface area contributed by atoms with E-state index in [0.717, 1.165) is 0 Å². The molecule has 19 heavy (non-hydrogen) atoms. The van der Waals surface area contributed by atoms with Gasteiger partial charge in [-0.2, -0.15) is 0 Å². The Balaban J connectivity index is 2.07. The number of rotatable bonds is 1. The van der Waals surface area contributed by atoms with Crippen LogP contribution in [0.3, 0.4) is 0 Å². The molecule has 0 spiro atoms. The van der Waals surface area contributed by atoms with Crippen molar-refractivity contribution in [1.82, 2.24) is 0 Å². The van der Waals surface area contributed by atoms with Crippen molar-refractivity contribution in [2.75, 3.05) is 0 Å². The van der Waals surface area contributed by atoms with Crippen LogP contribution in [0, 0.1) is 0 Å². The van der Waals surface area contributed by atoms with E-state index in [1.807, 2.05) is 12.1 Å². The second-order valence-corrected chi connectivity index (χ2v) is 6.15. The van der Waals surface area contributed by atoms with Gasteiger partial charge in [0.2, 0.25) is 0 Å². The number of halogens is 2. The molecule has 0 radical (unpaired) electrons. The highest BCUT2D eigenvalue weighted by Gasteiger charge is 2.25. The molecule has 98 valence electrons. The van der Waals surface area contributed by atoms with Gasteiger partial charge in [0, 0.05) is 5.92 Å². The molecule has 0 saturated carbocycles. The molecule has 0 amide bonds. The van der Waals surface area contributed by atoms with Crippen molar-refractivity contribution in [1.29, 1.82) is 0 Å². The first-order valence-corrected chi connectivity index (χ1v) is 7.46. The van der Waals surface area contributed by atoms with Crippen molar-refractivity contribution in [3.63, 3.8) is 0 Å². The molecule has 0 fully saturated rings. The van der Waals surface area contributed by atoms with E-state index in [0.29, 0.717) is 21.9 Å². The fraction of sp³-hybridized carbons (Fsp3) is 0.294. The van der Waals surface area contributed by atoms with Crippen molar-refractivity contribution >= 4 is 23.2 Å². The molecule has 0 bridgehead atoms. The second-order valence-electron chi connectivity index (χ2n) is 5.33. The Labute approximate surface area is 124 Å². The molecular weight excluding hydrogens is 275 g/mol. The summed E-state index contributed by atoms with van der Waals surface area (Å²) < 4.78 is 0. The van der Waals surface area contributed by atoms with E-state index in [1.165, 1.54) is 29.5 Å². The summed E-state index contributed by atoms with van der Waals surface area (Å²) in [5, 5.41) is 1.28. The van der Waals surface area contributed by atoms with Gasteiger partial charge < -0.3 is 0 Å². The zero-order chi connectivity index (χ0) is 13.4. The van der Waals surface area contributed by atoms with Gasteiger partial charge in [-0.15, -0.1) is 0 Å². The minimum Gasteiger partial charge on any atom is -0.0827 e. The smallest absolute Gasteiger partial charge is 0.0595 e. The molecule has 1 aliphatic rings. The van der Waals surface area contributed by atoms with Crippen LogP contribution in [0.5, 0.6) is 0 Å². The Hall–Kier alpha value is -0.980. The molecule has 0 saturated heterocycles. The second kappa shape index (κ2) is 5.19. The lowest BCUT2D eigenvalue weighted by atomic mass is 9.75. The van der Waals surface area contributed by atoms with E-state index >= 15 is 0 Å². The van der Waals surface area contributed by atoms with E-state index in [2.05, 4.69) is 37.3 Å². The summed E-state index contributed by atoms with van der Waals surface area (Å²) in [4.78, 5) is 0. The van der Waals surface area contributed by atoms with Gasteiger partial charge in [-0.3, -0.25) is 0 Å². The molecule has 0 unspecified atom stereocenters. The van der Waals surface area contributed by atoms with Gasteiger partial charge in [0.1, 0.15) is 0 Å². The predicted molar refractivity (Wildman–Crippen MR) is 82.4 cm³/mol. The van der Waals surface area contributed by atoms with Crippen LogP contribution in [0.1, 0.15) is 48.3 Å². The highest BCUT2D eigenvalue weighted by molar-refractivity contribution is 6.42. The van der Waals surface area contributed by atoms with Gasteiger partial charge in [0.05, 0.1) is 10.0 Å². The summed E-state index contributed by atoms with van der Waals surface area (Å²) in [7, 11) is 0. The molecule has 0 heterocycles. The van der Waals surface area contributed by atoms with Crippen LogP contribution in [-0.4, -0.2) is 0 Å². The van der Waals surface area contributed by atoms with Gasteiger partial charge in [-0.05, 0) is 47.6 Å². The van der Waals surface area contributed by atoms with Crippen molar-refractivity contribution in [3.05, 3.63) is 69.2 Å². The quantitative estimate of drug-likeness (QED) is 0.602. The SMILES string of the molecule is C[C@H]1CC[C@@H](c2ccc(Cl)c(Cl)c2)c2ccccc21. The summed E-state index contributed by atoms with van der Waals surface area (Å²) in [6.07, 6.45) is 2.40. The van der Waals surface area contributed by atoms with Crippen molar-refractivity contribution in [3.8, 4) is 0 Å². The highest BCUT2D eigenvalue weighted by Crippen LogP contribution is 2.42. The molecule has 2 atom stereocenters. The summed E-state index contributed by atoms with van der Waals surface area (Å²) in [5.41, 5.74) is 4.19. The Morgan fingerprint density at radius 1 is 0.895 bits per heavy atom. The number of hydrogen-bond donors (Lipinski definition) is 0. The monoisotopic (exact) mass is 290 g/mol. The van der Waals surface area contributed by atoms with Crippen molar-refractivity contribution < 1.29 is 0 Å². The maximum atomic E-state index is 6.16. The fourth-order valence-electron chi connectivity index (χ4n) is 3.08. The van der Waals surface area contributed by atoms with Crippen LogP contribution in [0.2, 0.25) is 10.0 Å². The first kappa shape index (κ1) is 13.0. The normalized spacial score (nSPS) is 22.1. The zero-order valence-electron chi connectivity index (χ0n) is 10.9. The number of benzene rings is 2. The molecule has 1 aliphatic carbocycles. The lowest BCUT2D eigenvalue weighted by molar-refractivity contribution is 0.545. The highest BCUT2D eigenvalue weighted by atomic mass is 35.5. The van der Waals surface area contributed by atoms with Gasteiger partial charge in [0.15, 0.2) is 0 Å². The summed E-state index contributed by atoms with van der Waals surface area (Å²) >= 11 is 12.2. The minimum absolute atomic E-state index is 0.446. The largest absolute Gasteiger partial charge is 0.0827 e. The molecular formula is C17H16Cl2. The van der Waals surface area contributed by atoms with Crippen LogP contribution in [-0.2, 0) is 0 Å². The molecule has 0 aliphatic heterocycles. The standard InChI is InChI=1S/C17H16Cl2/c1-11-6-8-14(15-5-3-2-4-13(11)15)12-7-9-16(18)17(19)10-12/h2-5,7,9-11,14H,6,8H2,1H3/t11-,14-/m0/s1. The molecule has 2 heteroatoms. The van der Waals surface area contributed by atoms with E-state index < -0.39 is 0 Å². The molecule has 2 aromatic rings. The maximum absolute atomic E-state index is 6.16. The molecule has 0 aromatic heterocycles. The number of hydrogen-bond acceptors (Lipinski definition) is 0. The third kappa shape index (κ3) is 2.40. The lowest BCUT2D eigenvalue weighted by Gasteiger charge is -2.30. The van der Waals surface area contributed by atoms with Crippen LogP contribution < -0.4 is 0 Å². The third-order valence-corrected chi connectivity index (χ3v) is 4.88. The van der Waals surface area contributed by atoms with E-state index in [-0.39, 0.29) is 0 Å². The fourth-order valence-corrected chi connectivity index (χ4v) is 3.39. The average Bonchev–Trinajstić information content (AvgIpc) is 2.43. The first-order chi connectivity index (χ1) is 9.16. The van der Waals surface area contributed by atoms with Gasteiger partial charge in [-0.25, -0.2) is 0 Å². The van der Waals surface area contributed by atoms with E-state index in [1.54, 1.807) is 0 Å². The third-order valence-electron chi connectivity index (χ3n) is 4.14. The number of fused-ring (bicyclic) bond motifs is 1. The van der Waals surface area contributed by atoms with Crippen LogP contribution >= 0.6 is 23.2 Å². The van der Waals surface area contributed by atoms with Gasteiger partial charge >= 0.3 is 0 Å². The predicted octanol–water partition coefficient (Wildman–Crippen LogP) is 6.02. The van der Waals surface area contributed by atoms with Crippen LogP contribution in [0.25, 0.3) is 0 Å². The molecule has 2 aromatic carbocycles. The first-order valence-electron chi connectivity index (χ1n) is 6.70. The Kier molecular flexibility index (Phi) is 3.56. The van der Waals surface area contributed by atoms with Crippen molar-refractivity contribution in [2.24, 2.45) is 0 Å². The molecule has 3 rings (SSSR count). The van der Waals surface area contributed by atoms with Gasteiger partial charge in [-0.1, -0.05) is 60.5 Å². The maximum Gasteiger partial charge on any atom is 0.0595 e. The average molecular weight is 291 g/mol. The Bertz CT molecular complexity index is 604. The molecule has 0 N–H and O–H groups in total. The summed E-state index contributed by atoms with van der Waals surface area (Å²) in [6.45, 7) is 2.31.